The molecule has 2 rings (SSSR count). The topological polar surface area (TPSA) is 84.0 Å². The average molecular weight is 476 g/mol. The molecule has 1 saturated carbocycles. The van der Waals surface area contributed by atoms with Crippen molar-refractivity contribution < 1.29 is 14.3 Å². The molecule has 1 aliphatic carbocycles. The van der Waals surface area contributed by atoms with Gasteiger partial charge in [-0.15, -0.1) is 24.0 Å². The maximum Gasteiger partial charge on any atom is 0.223 e. The van der Waals surface area contributed by atoms with E-state index in [9.17, 15) is 4.79 Å². The Labute approximate surface area is 172 Å². The third-order valence-electron chi connectivity index (χ3n) is 4.04. The van der Waals surface area contributed by atoms with Crippen LogP contribution in [-0.2, 0) is 11.2 Å². The molecule has 1 aliphatic rings. The number of benzene rings is 1. The van der Waals surface area contributed by atoms with Crippen LogP contribution in [-0.4, -0.2) is 52.8 Å². The van der Waals surface area contributed by atoms with Gasteiger partial charge in [0.2, 0.25) is 5.91 Å². The van der Waals surface area contributed by atoms with Crippen molar-refractivity contribution in [3.63, 3.8) is 0 Å². The van der Waals surface area contributed by atoms with Gasteiger partial charge in [0.25, 0.3) is 0 Å². The summed E-state index contributed by atoms with van der Waals surface area (Å²) in [7, 11) is 4.99. The number of methoxy groups -OCH3 is 2. The molecule has 0 bridgehead atoms. The SMILES string of the molecule is CN=C(NCCNC(=O)C1CC1)NCCc1ccc(OC)c(OC)c1.I. The molecule has 146 valence electrons. The quantitative estimate of drug-likeness (QED) is 0.218. The molecule has 1 aromatic carbocycles. The zero-order valence-electron chi connectivity index (χ0n) is 15.6. The highest BCUT2D eigenvalue weighted by Crippen LogP contribution is 2.28. The molecule has 1 aromatic rings. The molecular weight excluding hydrogens is 447 g/mol. The summed E-state index contributed by atoms with van der Waals surface area (Å²) in [4.78, 5) is 15.7. The second kappa shape index (κ2) is 11.8. The standard InChI is InChI=1S/C18H28N4O3.HI/c1-19-18(22-11-10-20-17(23)14-5-6-14)21-9-8-13-4-7-15(24-2)16(12-13)25-3;/h4,7,12,14H,5-6,8-11H2,1-3H3,(H,20,23)(H2,19,21,22);1H. The van der Waals surface area contributed by atoms with Gasteiger partial charge >= 0.3 is 0 Å². The van der Waals surface area contributed by atoms with Gasteiger partial charge in [-0.05, 0) is 37.0 Å². The van der Waals surface area contributed by atoms with Gasteiger partial charge in [0.05, 0.1) is 14.2 Å². The lowest BCUT2D eigenvalue weighted by atomic mass is 10.1. The van der Waals surface area contributed by atoms with Gasteiger partial charge in [0.15, 0.2) is 17.5 Å². The van der Waals surface area contributed by atoms with E-state index in [1.165, 1.54) is 0 Å². The predicted molar refractivity (Wildman–Crippen MR) is 114 cm³/mol. The van der Waals surface area contributed by atoms with Crippen molar-refractivity contribution in [1.82, 2.24) is 16.0 Å². The first kappa shape index (κ1) is 22.3. The molecule has 26 heavy (non-hydrogen) atoms. The number of guanidine groups is 1. The summed E-state index contributed by atoms with van der Waals surface area (Å²) in [6.45, 7) is 1.99. The fourth-order valence-electron chi connectivity index (χ4n) is 2.44. The van der Waals surface area contributed by atoms with Gasteiger partial charge in [-0.3, -0.25) is 9.79 Å². The fourth-order valence-corrected chi connectivity index (χ4v) is 2.44. The van der Waals surface area contributed by atoms with E-state index in [1.807, 2.05) is 18.2 Å². The first-order valence-electron chi connectivity index (χ1n) is 8.61. The second-order valence-corrected chi connectivity index (χ2v) is 5.93. The molecule has 3 N–H and O–H groups in total. The van der Waals surface area contributed by atoms with Crippen molar-refractivity contribution in [2.45, 2.75) is 19.3 Å². The van der Waals surface area contributed by atoms with E-state index in [1.54, 1.807) is 21.3 Å². The van der Waals surface area contributed by atoms with Crippen molar-refractivity contribution in [2.75, 3.05) is 40.9 Å². The van der Waals surface area contributed by atoms with Crippen molar-refractivity contribution in [1.29, 1.82) is 0 Å². The third kappa shape index (κ3) is 7.27. The van der Waals surface area contributed by atoms with Crippen LogP contribution in [0.15, 0.2) is 23.2 Å². The molecule has 0 radical (unpaired) electrons. The van der Waals surface area contributed by atoms with Crippen LogP contribution in [0.4, 0.5) is 0 Å². The van der Waals surface area contributed by atoms with E-state index >= 15 is 0 Å². The molecular formula is C18H29IN4O3. The highest BCUT2D eigenvalue weighted by atomic mass is 127. The number of hydrogen-bond acceptors (Lipinski definition) is 4. The van der Waals surface area contributed by atoms with E-state index in [4.69, 9.17) is 9.47 Å². The first-order chi connectivity index (χ1) is 12.2. The smallest absolute Gasteiger partial charge is 0.223 e. The monoisotopic (exact) mass is 476 g/mol. The normalized spacial score (nSPS) is 13.4. The minimum atomic E-state index is 0. The molecule has 0 heterocycles. The van der Waals surface area contributed by atoms with Crippen LogP contribution in [0.2, 0.25) is 0 Å². The Morgan fingerprint density at radius 1 is 1.08 bits per heavy atom. The van der Waals surface area contributed by atoms with E-state index in [-0.39, 0.29) is 35.8 Å². The van der Waals surface area contributed by atoms with Crippen LogP contribution < -0.4 is 25.4 Å². The van der Waals surface area contributed by atoms with Crippen LogP contribution in [0.25, 0.3) is 0 Å². The van der Waals surface area contributed by atoms with E-state index in [0.29, 0.717) is 13.1 Å². The Morgan fingerprint density at radius 2 is 1.73 bits per heavy atom. The lowest BCUT2D eigenvalue weighted by Crippen LogP contribution is -2.42. The van der Waals surface area contributed by atoms with Crippen molar-refractivity contribution in [2.24, 2.45) is 10.9 Å². The molecule has 8 heteroatoms. The van der Waals surface area contributed by atoms with Crippen molar-refractivity contribution in [3.8, 4) is 11.5 Å². The fraction of sp³-hybridized carbons (Fsp3) is 0.556. The summed E-state index contributed by atoms with van der Waals surface area (Å²) < 4.78 is 10.6. The summed E-state index contributed by atoms with van der Waals surface area (Å²) in [5, 5.41) is 9.37. The van der Waals surface area contributed by atoms with E-state index in [2.05, 4.69) is 20.9 Å². The largest absolute Gasteiger partial charge is 0.493 e. The number of ether oxygens (including phenoxy) is 2. The lowest BCUT2D eigenvalue weighted by Gasteiger charge is -2.13. The van der Waals surface area contributed by atoms with Gasteiger partial charge in [-0.2, -0.15) is 0 Å². The second-order valence-electron chi connectivity index (χ2n) is 5.93. The lowest BCUT2D eigenvalue weighted by molar-refractivity contribution is -0.122. The molecule has 0 saturated heterocycles. The predicted octanol–water partition coefficient (Wildman–Crippen LogP) is 1.56. The van der Waals surface area contributed by atoms with Crippen molar-refractivity contribution >= 4 is 35.8 Å². The summed E-state index contributed by atoms with van der Waals surface area (Å²) in [5.41, 5.74) is 1.15. The Bertz CT molecular complexity index is 606. The molecule has 0 atom stereocenters. The number of hydrogen-bond donors (Lipinski definition) is 3. The summed E-state index contributed by atoms with van der Waals surface area (Å²) in [6.07, 6.45) is 2.89. The number of carbonyl (C=O) groups excluding carboxylic acids is 1. The molecule has 7 nitrogen and oxygen atoms in total. The Morgan fingerprint density at radius 3 is 2.35 bits per heavy atom. The minimum absolute atomic E-state index is 0. The summed E-state index contributed by atoms with van der Waals surface area (Å²) >= 11 is 0. The van der Waals surface area contributed by atoms with Gasteiger partial charge in [-0.1, -0.05) is 6.07 Å². The van der Waals surface area contributed by atoms with Crippen molar-refractivity contribution in [3.05, 3.63) is 23.8 Å². The molecule has 0 unspecified atom stereocenters. The number of halogens is 1. The number of nitrogens with zero attached hydrogens (tertiary/aromatic N) is 1. The number of aliphatic imine (C=N–C) groups is 1. The van der Waals surface area contributed by atoms with Crippen LogP contribution in [0, 0.1) is 5.92 Å². The minimum Gasteiger partial charge on any atom is -0.493 e. The van der Waals surface area contributed by atoms with Crippen LogP contribution >= 0.6 is 24.0 Å². The highest BCUT2D eigenvalue weighted by molar-refractivity contribution is 14.0. The maximum absolute atomic E-state index is 11.5. The average Bonchev–Trinajstić information content (AvgIpc) is 3.48. The number of carbonyl (C=O) groups is 1. The zero-order chi connectivity index (χ0) is 18.1. The Kier molecular flexibility index (Phi) is 10.2. The van der Waals surface area contributed by atoms with Gasteiger partial charge in [0.1, 0.15) is 0 Å². The Hall–Kier alpha value is -1.71. The van der Waals surface area contributed by atoms with Gasteiger partial charge in [-0.25, -0.2) is 0 Å². The molecule has 0 spiro atoms. The molecule has 1 fully saturated rings. The van der Waals surface area contributed by atoms with E-state index < -0.39 is 0 Å². The van der Waals surface area contributed by atoms with Crippen LogP contribution in [0.3, 0.4) is 0 Å². The molecule has 0 aromatic heterocycles. The van der Waals surface area contributed by atoms with Crippen LogP contribution in [0.5, 0.6) is 11.5 Å². The summed E-state index contributed by atoms with van der Waals surface area (Å²) in [6, 6.07) is 5.90. The number of nitrogens with one attached hydrogen (secondary N) is 3. The van der Waals surface area contributed by atoms with Gasteiger partial charge < -0.3 is 25.4 Å². The van der Waals surface area contributed by atoms with Crippen LogP contribution in [0.1, 0.15) is 18.4 Å². The Balaban J connectivity index is 0.00000338. The number of rotatable bonds is 9. The molecule has 1 amide bonds. The first-order valence-corrected chi connectivity index (χ1v) is 8.61. The number of amides is 1. The molecule has 0 aliphatic heterocycles. The maximum atomic E-state index is 11.5. The van der Waals surface area contributed by atoms with E-state index in [0.717, 1.165) is 48.8 Å². The third-order valence-corrected chi connectivity index (χ3v) is 4.04. The summed E-state index contributed by atoms with van der Waals surface area (Å²) in [5.74, 6) is 2.59. The van der Waals surface area contributed by atoms with Gasteiger partial charge in [0, 0.05) is 32.6 Å². The highest BCUT2D eigenvalue weighted by Gasteiger charge is 2.28. The zero-order valence-corrected chi connectivity index (χ0v) is 18.0.